The van der Waals surface area contributed by atoms with Crippen molar-refractivity contribution >= 4 is 11.3 Å². The van der Waals surface area contributed by atoms with Gasteiger partial charge in [-0.3, -0.25) is 0 Å². The molecule has 0 N–H and O–H groups in total. The standard InChI is InChI=1S/C23H18O/c1-3-9-16(10-4-1)21-20-15-18-13-7-8-14-19(18)23(20)24-22(21)17-11-5-2-6-12-17/h1-14,20,23H,15H2/t20-,23-/m0/s1. The summed E-state index contributed by atoms with van der Waals surface area (Å²) in [6.07, 6.45) is 1.20. The molecule has 0 radical (unpaired) electrons. The van der Waals surface area contributed by atoms with Gasteiger partial charge in [-0.25, -0.2) is 0 Å². The minimum absolute atomic E-state index is 0.145. The maximum absolute atomic E-state index is 6.54. The molecule has 3 aromatic carbocycles. The normalized spacial score (nSPS) is 21.3. The average molecular weight is 310 g/mol. The molecule has 24 heavy (non-hydrogen) atoms. The SMILES string of the molecule is c1ccc(C2=C(c3ccccc3)[C@@H]3Cc4ccccc4[C@@H]3O2)cc1. The molecular formula is C23H18O. The molecule has 5 rings (SSSR count). The minimum atomic E-state index is 0.145. The van der Waals surface area contributed by atoms with Gasteiger partial charge < -0.3 is 4.74 Å². The molecule has 1 nitrogen and oxygen atoms in total. The van der Waals surface area contributed by atoms with Crippen LogP contribution in [0.4, 0.5) is 0 Å². The maximum Gasteiger partial charge on any atom is 0.131 e. The van der Waals surface area contributed by atoms with Crippen LogP contribution in [0.25, 0.3) is 11.3 Å². The largest absolute Gasteiger partial charge is 0.484 e. The molecule has 1 heteroatoms. The Kier molecular flexibility index (Phi) is 3.05. The maximum atomic E-state index is 6.54. The Morgan fingerprint density at radius 1 is 0.667 bits per heavy atom. The summed E-state index contributed by atoms with van der Waals surface area (Å²) in [5.74, 6) is 1.45. The highest BCUT2D eigenvalue weighted by Crippen LogP contribution is 2.54. The van der Waals surface area contributed by atoms with Gasteiger partial charge in [-0.2, -0.15) is 0 Å². The van der Waals surface area contributed by atoms with E-state index in [1.807, 2.05) is 0 Å². The van der Waals surface area contributed by atoms with Gasteiger partial charge in [0.2, 0.25) is 0 Å². The monoisotopic (exact) mass is 310 g/mol. The summed E-state index contributed by atoms with van der Waals surface area (Å²) in [5.41, 5.74) is 6.57. The second-order valence-electron chi connectivity index (χ2n) is 6.52. The van der Waals surface area contributed by atoms with E-state index in [0.29, 0.717) is 5.92 Å². The van der Waals surface area contributed by atoms with E-state index in [9.17, 15) is 0 Å². The van der Waals surface area contributed by atoms with Gasteiger partial charge in [0.25, 0.3) is 0 Å². The van der Waals surface area contributed by atoms with Crippen LogP contribution in [-0.4, -0.2) is 0 Å². The first-order chi connectivity index (χ1) is 11.9. The third kappa shape index (κ3) is 2.01. The van der Waals surface area contributed by atoms with Gasteiger partial charge in [0, 0.05) is 17.1 Å². The lowest BCUT2D eigenvalue weighted by molar-refractivity contribution is 0.167. The molecule has 116 valence electrons. The number of hydrogen-bond donors (Lipinski definition) is 0. The van der Waals surface area contributed by atoms with Crippen molar-refractivity contribution in [3.8, 4) is 0 Å². The molecule has 0 unspecified atom stereocenters. The first kappa shape index (κ1) is 13.6. The van der Waals surface area contributed by atoms with Crippen LogP contribution in [0.3, 0.4) is 0 Å². The molecule has 2 atom stereocenters. The van der Waals surface area contributed by atoms with E-state index in [1.54, 1.807) is 0 Å². The summed E-state index contributed by atoms with van der Waals surface area (Å²) in [6.45, 7) is 0. The zero-order valence-electron chi connectivity index (χ0n) is 13.4. The molecule has 3 aromatic rings. The zero-order chi connectivity index (χ0) is 15.9. The first-order valence-electron chi connectivity index (χ1n) is 8.51. The Bertz CT molecular complexity index is 909. The van der Waals surface area contributed by atoms with E-state index in [0.717, 1.165) is 12.2 Å². The van der Waals surface area contributed by atoms with Gasteiger partial charge in [0.05, 0.1) is 0 Å². The molecule has 1 heterocycles. The highest BCUT2D eigenvalue weighted by molar-refractivity contribution is 5.91. The smallest absolute Gasteiger partial charge is 0.131 e. The van der Waals surface area contributed by atoms with Crippen LogP contribution in [0.5, 0.6) is 0 Å². The van der Waals surface area contributed by atoms with Gasteiger partial charge in [-0.1, -0.05) is 84.9 Å². The van der Waals surface area contributed by atoms with Crippen molar-refractivity contribution in [1.82, 2.24) is 0 Å². The number of fused-ring (bicyclic) bond motifs is 3. The van der Waals surface area contributed by atoms with E-state index in [4.69, 9.17) is 4.74 Å². The number of rotatable bonds is 2. The van der Waals surface area contributed by atoms with Crippen LogP contribution >= 0.6 is 0 Å². The Labute approximate surface area is 142 Å². The van der Waals surface area contributed by atoms with Gasteiger partial charge >= 0.3 is 0 Å². The molecule has 0 aromatic heterocycles. The van der Waals surface area contributed by atoms with Gasteiger partial charge in [-0.05, 0) is 23.1 Å². The second kappa shape index (κ2) is 5.38. The van der Waals surface area contributed by atoms with Crippen LogP contribution in [0.2, 0.25) is 0 Å². The summed E-state index contributed by atoms with van der Waals surface area (Å²) < 4.78 is 6.54. The summed E-state index contributed by atoms with van der Waals surface area (Å²) in [5, 5.41) is 0. The van der Waals surface area contributed by atoms with Crippen molar-refractivity contribution in [3.63, 3.8) is 0 Å². The predicted octanol–water partition coefficient (Wildman–Crippen LogP) is 5.50. The fourth-order valence-corrected chi connectivity index (χ4v) is 4.09. The van der Waals surface area contributed by atoms with Gasteiger partial charge in [-0.15, -0.1) is 0 Å². The molecule has 1 aliphatic heterocycles. The quantitative estimate of drug-likeness (QED) is 0.607. The molecule has 0 saturated carbocycles. The lowest BCUT2D eigenvalue weighted by atomic mass is 9.88. The van der Waals surface area contributed by atoms with Gasteiger partial charge in [0.1, 0.15) is 11.9 Å². The molecule has 0 saturated heterocycles. The van der Waals surface area contributed by atoms with Crippen molar-refractivity contribution in [2.45, 2.75) is 12.5 Å². The Morgan fingerprint density at radius 2 is 1.29 bits per heavy atom. The summed E-state index contributed by atoms with van der Waals surface area (Å²) in [7, 11) is 0. The lowest BCUT2D eigenvalue weighted by Crippen LogP contribution is -2.04. The van der Waals surface area contributed by atoms with Crippen molar-refractivity contribution in [1.29, 1.82) is 0 Å². The molecular weight excluding hydrogens is 292 g/mol. The van der Waals surface area contributed by atoms with Crippen LogP contribution in [0, 0.1) is 5.92 Å². The summed E-state index contributed by atoms with van der Waals surface area (Å²) in [6, 6.07) is 29.9. The van der Waals surface area contributed by atoms with Crippen LogP contribution in [-0.2, 0) is 11.2 Å². The Hall–Kier alpha value is -2.80. The van der Waals surface area contributed by atoms with Crippen LogP contribution in [0.15, 0.2) is 84.9 Å². The Balaban J connectivity index is 1.68. The van der Waals surface area contributed by atoms with Crippen molar-refractivity contribution in [3.05, 3.63) is 107 Å². The van der Waals surface area contributed by atoms with E-state index >= 15 is 0 Å². The molecule has 0 fully saturated rings. The van der Waals surface area contributed by atoms with Gasteiger partial charge in [0.15, 0.2) is 0 Å². The Morgan fingerprint density at radius 3 is 2.04 bits per heavy atom. The molecule has 0 spiro atoms. The van der Waals surface area contributed by atoms with Crippen molar-refractivity contribution in [2.24, 2.45) is 5.92 Å². The molecule has 2 aliphatic rings. The zero-order valence-corrected chi connectivity index (χ0v) is 13.4. The fraction of sp³-hybridized carbons (Fsp3) is 0.130. The highest BCUT2D eigenvalue weighted by atomic mass is 16.5. The number of hydrogen-bond acceptors (Lipinski definition) is 1. The summed E-state index contributed by atoms with van der Waals surface area (Å²) >= 11 is 0. The van der Waals surface area contributed by atoms with Crippen LogP contribution in [0.1, 0.15) is 28.4 Å². The second-order valence-corrected chi connectivity index (χ2v) is 6.52. The van der Waals surface area contributed by atoms with Crippen molar-refractivity contribution < 1.29 is 4.74 Å². The number of ether oxygens (including phenoxy) is 1. The average Bonchev–Trinajstić information content (AvgIpc) is 3.19. The van der Waals surface area contributed by atoms with E-state index in [-0.39, 0.29) is 6.10 Å². The lowest BCUT2D eigenvalue weighted by Gasteiger charge is -2.13. The molecule has 0 amide bonds. The van der Waals surface area contributed by atoms with E-state index in [1.165, 1.54) is 27.8 Å². The predicted molar refractivity (Wildman–Crippen MR) is 97.2 cm³/mol. The van der Waals surface area contributed by atoms with Crippen molar-refractivity contribution in [2.75, 3.05) is 0 Å². The third-order valence-corrected chi connectivity index (χ3v) is 5.15. The third-order valence-electron chi connectivity index (χ3n) is 5.15. The first-order valence-corrected chi connectivity index (χ1v) is 8.51. The fourth-order valence-electron chi connectivity index (χ4n) is 4.09. The molecule has 1 aliphatic carbocycles. The van der Waals surface area contributed by atoms with E-state index < -0.39 is 0 Å². The number of benzene rings is 3. The highest BCUT2D eigenvalue weighted by Gasteiger charge is 2.43. The molecule has 0 bridgehead atoms. The topological polar surface area (TPSA) is 9.23 Å². The van der Waals surface area contributed by atoms with Crippen LogP contribution < -0.4 is 0 Å². The minimum Gasteiger partial charge on any atom is -0.484 e. The summed E-state index contributed by atoms with van der Waals surface area (Å²) in [4.78, 5) is 0. The van der Waals surface area contributed by atoms with E-state index in [2.05, 4.69) is 84.9 Å².